The SMILES string of the molecule is Cc1c(-c2cccc(C(=O)N(C)c3ccccc3)c2)c(C#N)c(SCc2nn[nH]n2)[nH]c1=O. The number of tetrazole rings is 1. The number of hydrogen-bond donors (Lipinski definition) is 2. The van der Waals surface area contributed by atoms with Crippen molar-refractivity contribution in [3.05, 3.63) is 87.5 Å². The molecule has 0 radical (unpaired) electrons. The number of amides is 1. The molecule has 0 spiro atoms. The van der Waals surface area contributed by atoms with E-state index in [-0.39, 0.29) is 11.5 Å². The lowest BCUT2D eigenvalue weighted by Crippen LogP contribution is -2.26. The minimum atomic E-state index is -0.308. The van der Waals surface area contributed by atoms with Gasteiger partial charge in [0.1, 0.15) is 6.07 Å². The Balaban J connectivity index is 1.74. The molecule has 2 aromatic carbocycles. The van der Waals surface area contributed by atoms with Crippen molar-refractivity contribution in [2.24, 2.45) is 0 Å². The van der Waals surface area contributed by atoms with Crippen LogP contribution >= 0.6 is 11.8 Å². The van der Waals surface area contributed by atoms with Gasteiger partial charge in [-0.05, 0) is 36.8 Å². The van der Waals surface area contributed by atoms with Gasteiger partial charge in [0.05, 0.1) is 16.3 Å². The first-order chi connectivity index (χ1) is 16.0. The number of anilines is 1. The molecule has 9 nitrogen and oxygen atoms in total. The number of carbonyl (C=O) groups excluding carboxylic acids is 1. The summed E-state index contributed by atoms with van der Waals surface area (Å²) in [4.78, 5) is 30.1. The van der Waals surface area contributed by atoms with Gasteiger partial charge in [-0.3, -0.25) is 9.59 Å². The highest BCUT2D eigenvalue weighted by Gasteiger charge is 2.20. The summed E-state index contributed by atoms with van der Waals surface area (Å²) in [5.41, 5.74) is 2.73. The fourth-order valence-electron chi connectivity index (χ4n) is 3.40. The summed E-state index contributed by atoms with van der Waals surface area (Å²) in [6.45, 7) is 1.66. The van der Waals surface area contributed by atoms with Gasteiger partial charge in [0, 0.05) is 29.4 Å². The Morgan fingerprint density at radius 3 is 2.67 bits per heavy atom. The van der Waals surface area contributed by atoms with Gasteiger partial charge >= 0.3 is 0 Å². The lowest BCUT2D eigenvalue weighted by atomic mass is 9.96. The smallest absolute Gasteiger partial charge is 0.258 e. The molecule has 0 aliphatic carbocycles. The van der Waals surface area contributed by atoms with E-state index in [1.807, 2.05) is 30.3 Å². The van der Waals surface area contributed by atoms with Crippen molar-refractivity contribution in [1.82, 2.24) is 25.6 Å². The number of hydrogen-bond acceptors (Lipinski definition) is 7. The maximum atomic E-state index is 13.1. The molecule has 0 aliphatic rings. The van der Waals surface area contributed by atoms with Crippen molar-refractivity contribution in [2.75, 3.05) is 11.9 Å². The second-order valence-electron chi connectivity index (χ2n) is 7.17. The lowest BCUT2D eigenvalue weighted by Gasteiger charge is -2.18. The molecule has 164 valence electrons. The molecule has 0 aliphatic heterocycles. The van der Waals surface area contributed by atoms with E-state index >= 15 is 0 Å². The number of nitrogens with zero attached hydrogens (tertiary/aromatic N) is 5. The number of para-hydroxylation sites is 1. The van der Waals surface area contributed by atoms with Crippen molar-refractivity contribution in [3.63, 3.8) is 0 Å². The Kier molecular flexibility index (Phi) is 6.33. The van der Waals surface area contributed by atoms with Crippen molar-refractivity contribution >= 4 is 23.4 Å². The molecule has 10 heteroatoms. The molecule has 4 rings (SSSR count). The van der Waals surface area contributed by atoms with Gasteiger partial charge in [0.25, 0.3) is 11.5 Å². The van der Waals surface area contributed by atoms with Gasteiger partial charge in [0.15, 0.2) is 5.82 Å². The quantitative estimate of drug-likeness (QED) is 0.425. The van der Waals surface area contributed by atoms with E-state index in [9.17, 15) is 14.9 Å². The highest BCUT2D eigenvalue weighted by atomic mass is 32.2. The molecule has 0 unspecified atom stereocenters. The number of pyridine rings is 1. The summed E-state index contributed by atoms with van der Waals surface area (Å²) in [5, 5.41) is 24.0. The first-order valence-electron chi connectivity index (χ1n) is 9.95. The molecule has 2 heterocycles. The average molecular weight is 458 g/mol. The maximum absolute atomic E-state index is 13.1. The summed E-state index contributed by atoms with van der Waals surface area (Å²) in [6.07, 6.45) is 0. The summed E-state index contributed by atoms with van der Waals surface area (Å²) < 4.78 is 0. The van der Waals surface area contributed by atoms with Crippen LogP contribution in [0, 0.1) is 18.3 Å². The van der Waals surface area contributed by atoms with E-state index in [2.05, 4.69) is 31.7 Å². The molecule has 0 bridgehead atoms. The molecule has 2 N–H and O–H groups in total. The largest absolute Gasteiger partial charge is 0.316 e. The molecular weight excluding hydrogens is 438 g/mol. The zero-order chi connectivity index (χ0) is 23.4. The standard InChI is InChI=1S/C23H19N7O2S/c1-14-20(18(12-24)22(25-21(14)31)33-13-19-26-28-29-27-19)15-7-6-8-16(11-15)23(32)30(2)17-9-4-3-5-10-17/h3-11H,13H2,1-2H3,(H,25,31)(H,26,27,28,29). The van der Waals surface area contributed by atoms with Crippen molar-refractivity contribution in [3.8, 4) is 17.2 Å². The van der Waals surface area contributed by atoms with E-state index in [1.54, 1.807) is 43.1 Å². The second-order valence-corrected chi connectivity index (χ2v) is 8.15. The highest BCUT2D eigenvalue weighted by molar-refractivity contribution is 7.98. The third kappa shape index (κ3) is 4.53. The first kappa shape index (κ1) is 22.0. The van der Waals surface area contributed by atoms with Gasteiger partial charge in [0.2, 0.25) is 0 Å². The topological polar surface area (TPSA) is 131 Å². The number of rotatable bonds is 6. The minimum Gasteiger partial charge on any atom is -0.316 e. The lowest BCUT2D eigenvalue weighted by molar-refractivity contribution is 0.0993. The second kappa shape index (κ2) is 9.50. The summed E-state index contributed by atoms with van der Waals surface area (Å²) in [5.74, 6) is 0.573. The van der Waals surface area contributed by atoms with Gasteiger partial charge in [-0.15, -0.1) is 10.2 Å². The Labute approximate surface area is 193 Å². The van der Waals surface area contributed by atoms with Crippen molar-refractivity contribution < 1.29 is 4.79 Å². The van der Waals surface area contributed by atoms with Crippen LogP contribution in [0.4, 0.5) is 5.69 Å². The zero-order valence-corrected chi connectivity index (χ0v) is 18.7. The number of H-pyrrole nitrogens is 2. The van der Waals surface area contributed by atoms with Crippen molar-refractivity contribution in [2.45, 2.75) is 17.7 Å². The summed E-state index contributed by atoms with van der Waals surface area (Å²) in [7, 11) is 1.70. The Bertz CT molecular complexity index is 1390. The van der Waals surface area contributed by atoms with Crippen LogP contribution in [0.3, 0.4) is 0 Å². The molecular formula is C23H19N7O2S. The van der Waals surface area contributed by atoms with E-state index < -0.39 is 0 Å². The number of nitriles is 1. The number of benzene rings is 2. The third-order valence-corrected chi connectivity index (χ3v) is 6.11. The number of nitrogens with one attached hydrogen (secondary N) is 2. The minimum absolute atomic E-state index is 0.198. The Morgan fingerprint density at radius 2 is 1.97 bits per heavy atom. The molecule has 2 aromatic heterocycles. The normalized spacial score (nSPS) is 10.6. The zero-order valence-electron chi connectivity index (χ0n) is 17.9. The molecule has 1 amide bonds. The van der Waals surface area contributed by atoms with E-state index in [4.69, 9.17) is 0 Å². The predicted octanol–water partition coefficient (Wildman–Crippen LogP) is 3.30. The van der Waals surface area contributed by atoms with Crippen LogP contribution in [0.1, 0.15) is 27.3 Å². The fourth-order valence-corrected chi connectivity index (χ4v) is 4.25. The van der Waals surface area contributed by atoms with Gasteiger partial charge in [-0.25, -0.2) is 0 Å². The van der Waals surface area contributed by atoms with E-state index in [0.717, 1.165) is 5.69 Å². The monoisotopic (exact) mass is 457 g/mol. The van der Waals surface area contributed by atoms with Crippen LogP contribution in [0.5, 0.6) is 0 Å². The number of aromatic amines is 2. The number of aromatic nitrogens is 5. The Morgan fingerprint density at radius 1 is 1.18 bits per heavy atom. The van der Waals surface area contributed by atoms with Crippen LogP contribution in [0.15, 0.2) is 64.4 Å². The summed E-state index contributed by atoms with van der Waals surface area (Å²) >= 11 is 1.24. The van der Waals surface area contributed by atoms with E-state index in [0.29, 0.717) is 44.4 Å². The molecule has 33 heavy (non-hydrogen) atoms. The average Bonchev–Trinajstić information content (AvgIpc) is 3.37. The van der Waals surface area contributed by atoms with E-state index in [1.165, 1.54) is 11.8 Å². The van der Waals surface area contributed by atoms with Crippen molar-refractivity contribution in [1.29, 1.82) is 5.26 Å². The maximum Gasteiger partial charge on any atom is 0.258 e. The third-order valence-electron chi connectivity index (χ3n) is 5.11. The van der Waals surface area contributed by atoms with Crippen LogP contribution in [-0.2, 0) is 5.75 Å². The molecule has 0 atom stereocenters. The van der Waals surface area contributed by atoms with Gasteiger partial charge < -0.3 is 9.88 Å². The molecule has 4 aromatic rings. The van der Waals surface area contributed by atoms with Gasteiger partial charge in [-0.1, -0.05) is 47.3 Å². The first-order valence-corrected chi connectivity index (χ1v) is 10.9. The van der Waals surface area contributed by atoms with Crippen LogP contribution < -0.4 is 10.5 Å². The molecule has 0 saturated carbocycles. The van der Waals surface area contributed by atoms with Crippen LogP contribution in [-0.4, -0.2) is 38.6 Å². The predicted molar refractivity (Wildman–Crippen MR) is 125 cm³/mol. The van der Waals surface area contributed by atoms with Crippen LogP contribution in [0.25, 0.3) is 11.1 Å². The van der Waals surface area contributed by atoms with Gasteiger partial charge in [-0.2, -0.15) is 10.5 Å². The molecule has 0 saturated heterocycles. The summed E-state index contributed by atoms with van der Waals surface area (Å²) in [6, 6.07) is 18.5. The Hall–Kier alpha value is -4.23. The molecule has 0 fully saturated rings. The number of thioether (sulfide) groups is 1. The highest BCUT2D eigenvalue weighted by Crippen LogP contribution is 2.32. The number of carbonyl (C=O) groups is 1. The van der Waals surface area contributed by atoms with Crippen LogP contribution in [0.2, 0.25) is 0 Å². The fraction of sp³-hybridized carbons (Fsp3) is 0.130.